The lowest BCUT2D eigenvalue weighted by Crippen LogP contribution is -2.26. The van der Waals surface area contributed by atoms with Crippen LogP contribution < -0.4 is 15.4 Å². The van der Waals surface area contributed by atoms with E-state index < -0.39 is 0 Å². The van der Waals surface area contributed by atoms with Crippen LogP contribution in [0.2, 0.25) is 0 Å². The summed E-state index contributed by atoms with van der Waals surface area (Å²) in [5, 5.41) is 6.01. The minimum Gasteiger partial charge on any atom is -0.497 e. The summed E-state index contributed by atoms with van der Waals surface area (Å²) >= 11 is 3.37. The van der Waals surface area contributed by atoms with Crippen LogP contribution in [0.15, 0.2) is 34.9 Å². The molecule has 23 heavy (non-hydrogen) atoms. The highest BCUT2D eigenvalue weighted by Crippen LogP contribution is 2.22. The second-order valence-electron chi connectivity index (χ2n) is 4.90. The Morgan fingerprint density at radius 1 is 1.30 bits per heavy atom. The lowest BCUT2D eigenvalue weighted by Gasteiger charge is -2.09. The van der Waals surface area contributed by atoms with Gasteiger partial charge in [0.2, 0.25) is 5.95 Å². The van der Waals surface area contributed by atoms with E-state index in [9.17, 15) is 4.79 Å². The number of aromatic nitrogens is 2. The van der Waals surface area contributed by atoms with Crippen molar-refractivity contribution in [1.82, 2.24) is 15.3 Å². The molecule has 0 spiro atoms. The van der Waals surface area contributed by atoms with Gasteiger partial charge in [0.1, 0.15) is 5.75 Å². The molecule has 2 aromatic rings. The van der Waals surface area contributed by atoms with E-state index in [0.29, 0.717) is 30.4 Å². The van der Waals surface area contributed by atoms with Crippen molar-refractivity contribution < 1.29 is 9.53 Å². The van der Waals surface area contributed by atoms with Crippen LogP contribution in [0.3, 0.4) is 0 Å². The molecule has 0 atom stereocenters. The van der Waals surface area contributed by atoms with E-state index in [2.05, 4.69) is 36.5 Å². The number of rotatable bonds is 7. The van der Waals surface area contributed by atoms with Crippen molar-refractivity contribution in [2.75, 3.05) is 25.5 Å². The van der Waals surface area contributed by atoms with Crippen LogP contribution in [0, 0.1) is 6.92 Å². The molecule has 0 bridgehead atoms. The molecule has 122 valence electrons. The van der Waals surface area contributed by atoms with E-state index >= 15 is 0 Å². The lowest BCUT2D eigenvalue weighted by atomic mass is 10.2. The molecule has 1 aromatic heterocycles. The van der Waals surface area contributed by atoms with Crippen molar-refractivity contribution in [2.45, 2.75) is 13.3 Å². The Morgan fingerprint density at radius 3 is 2.87 bits per heavy atom. The molecule has 0 radical (unpaired) electrons. The van der Waals surface area contributed by atoms with Crippen molar-refractivity contribution in [3.05, 3.63) is 46.2 Å². The van der Waals surface area contributed by atoms with Crippen LogP contribution in [0.25, 0.3) is 0 Å². The summed E-state index contributed by atoms with van der Waals surface area (Å²) in [6.07, 6.45) is 2.48. The number of halogens is 1. The first-order valence-corrected chi connectivity index (χ1v) is 8.04. The number of aryl methyl sites for hydroxylation is 1. The van der Waals surface area contributed by atoms with Crippen LogP contribution in [0.5, 0.6) is 5.75 Å². The molecule has 0 aliphatic heterocycles. The molecular formula is C16H19BrN4O2. The number of carbonyl (C=O) groups excluding carboxylic acids is 1. The van der Waals surface area contributed by atoms with E-state index in [1.165, 1.54) is 0 Å². The van der Waals surface area contributed by atoms with Gasteiger partial charge in [0.05, 0.1) is 12.7 Å². The van der Waals surface area contributed by atoms with Gasteiger partial charge in [0.25, 0.3) is 5.91 Å². The molecule has 1 aromatic carbocycles. The zero-order chi connectivity index (χ0) is 16.7. The summed E-state index contributed by atoms with van der Waals surface area (Å²) in [5.74, 6) is 1.12. The molecule has 7 heteroatoms. The van der Waals surface area contributed by atoms with Crippen LogP contribution in [0.4, 0.5) is 5.95 Å². The Balaban J connectivity index is 1.77. The average molecular weight is 379 g/mol. The largest absolute Gasteiger partial charge is 0.497 e. The number of hydrogen-bond acceptors (Lipinski definition) is 5. The molecule has 0 aliphatic carbocycles. The normalized spacial score (nSPS) is 10.2. The van der Waals surface area contributed by atoms with Crippen LogP contribution in [0.1, 0.15) is 22.5 Å². The second kappa shape index (κ2) is 8.47. The predicted molar refractivity (Wildman–Crippen MR) is 92.9 cm³/mol. The van der Waals surface area contributed by atoms with Gasteiger partial charge in [-0.25, -0.2) is 9.97 Å². The van der Waals surface area contributed by atoms with E-state index in [0.717, 1.165) is 16.6 Å². The maximum Gasteiger partial charge on any atom is 0.252 e. The molecule has 6 nitrogen and oxygen atoms in total. The maximum absolute atomic E-state index is 12.2. The van der Waals surface area contributed by atoms with Crippen LogP contribution in [-0.2, 0) is 0 Å². The van der Waals surface area contributed by atoms with Gasteiger partial charge in [0, 0.05) is 29.5 Å². The van der Waals surface area contributed by atoms with Crippen molar-refractivity contribution >= 4 is 27.8 Å². The van der Waals surface area contributed by atoms with E-state index in [-0.39, 0.29) is 5.91 Å². The van der Waals surface area contributed by atoms with E-state index in [1.54, 1.807) is 31.5 Å². The third-order valence-electron chi connectivity index (χ3n) is 3.14. The summed E-state index contributed by atoms with van der Waals surface area (Å²) in [7, 11) is 1.57. The van der Waals surface area contributed by atoms with Gasteiger partial charge in [-0.15, -0.1) is 0 Å². The summed E-state index contributed by atoms with van der Waals surface area (Å²) in [6, 6.07) is 7.15. The van der Waals surface area contributed by atoms with Gasteiger partial charge in [-0.1, -0.05) is 0 Å². The minimum atomic E-state index is -0.136. The molecular weight excluding hydrogens is 360 g/mol. The van der Waals surface area contributed by atoms with E-state index in [4.69, 9.17) is 4.74 Å². The number of benzene rings is 1. The Labute approximate surface area is 143 Å². The molecule has 0 unspecified atom stereocenters. The quantitative estimate of drug-likeness (QED) is 0.724. The number of nitrogens with one attached hydrogen (secondary N) is 2. The van der Waals surface area contributed by atoms with Gasteiger partial charge in [-0.3, -0.25) is 4.79 Å². The molecule has 0 aliphatic rings. The molecule has 0 fully saturated rings. The number of nitrogens with zero attached hydrogens (tertiary/aromatic N) is 2. The highest BCUT2D eigenvalue weighted by atomic mass is 79.9. The average Bonchev–Trinajstić information content (AvgIpc) is 2.55. The summed E-state index contributed by atoms with van der Waals surface area (Å²) in [6.45, 7) is 3.16. The van der Waals surface area contributed by atoms with Gasteiger partial charge in [0.15, 0.2) is 0 Å². The number of hydrogen-bond donors (Lipinski definition) is 2. The first-order chi connectivity index (χ1) is 11.1. The Morgan fingerprint density at radius 2 is 2.13 bits per heavy atom. The third-order valence-corrected chi connectivity index (χ3v) is 3.83. The summed E-state index contributed by atoms with van der Waals surface area (Å²) in [4.78, 5) is 20.5. The fraction of sp³-hybridized carbons (Fsp3) is 0.312. The van der Waals surface area contributed by atoms with Crippen LogP contribution >= 0.6 is 15.9 Å². The zero-order valence-corrected chi connectivity index (χ0v) is 14.7. The van der Waals surface area contributed by atoms with Crippen molar-refractivity contribution in [1.29, 1.82) is 0 Å². The predicted octanol–water partition coefficient (Wildman–Crippen LogP) is 2.79. The number of anilines is 1. The molecule has 1 amide bonds. The van der Waals surface area contributed by atoms with Crippen molar-refractivity contribution in [3.63, 3.8) is 0 Å². The smallest absolute Gasteiger partial charge is 0.252 e. The SMILES string of the molecule is COc1ccc(Br)c(C(=O)NCCCNc2nccc(C)n2)c1. The van der Waals surface area contributed by atoms with Crippen LogP contribution in [-0.4, -0.2) is 36.1 Å². The van der Waals surface area contributed by atoms with Crippen molar-refractivity contribution in [3.8, 4) is 5.75 Å². The van der Waals surface area contributed by atoms with Crippen molar-refractivity contribution in [2.24, 2.45) is 0 Å². The minimum absolute atomic E-state index is 0.136. The highest BCUT2D eigenvalue weighted by molar-refractivity contribution is 9.10. The monoisotopic (exact) mass is 378 g/mol. The highest BCUT2D eigenvalue weighted by Gasteiger charge is 2.10. The maximum atomic E-state index is 12.2. The number of methoxy groups -OCH3 is 1. The Hall–Kier alpha value is -2.15. The topological polar surface area (TPSA) is 76.1 Å². The standard InChI is InChI=1S/C16H19BrN4O2/c1-11-6-9-20-16(21-11)19-8-3-7-18-15(22)13-10-12(23-2)4-5-14(13)17/h4-6,9-10H,3,7-8H2,1-2H3,(H,18,22)(H,19,20,21). The summed E-state index contributed by atoms with van der Waals surface area (Å²) in [5.41, 5.74) is 1.47. The molecule has 1 heterocycles. The first kappa shape index (κ1) is 17.2. The Kier molecular flexibility index (Phi) is 6.34. The molecule has 0 saturated heterocycles. The number of carbonyl (C=O) groups is 1. The third kappa shape index (κ3) is 5.21. The second-order valence-corrected chi connectivity index (χ2v) is 5.76. The first-order valence-electron chi connectivity index (χ1n) is 7.25. The number of ether oxygens (including phenoxy) is 1. The molecule has 2 rings (SSSR count). The molecule has 0 saturated carbocycles. The fourth-order valence-electron chi connectivity index (χ4n) is 1.93. The number of amides is 1. The Bertz CT molecular complexity index is 679. The van der Waals surface area contributed by atoms with Gasteiger partial charge < -0.3 is 15.4 Å². The van der Waals surface area contributed by atoms with Gasteiger partial charge in [-0.05, 0) is 53.5 Å². The summed E-state index contributed by atoms with van der Waals surface area (Å²) < 4.78 is 5.87. The fourth-order valence-corrected chi connectivity index (χ4v) is 2.35. The lowest BCUT2D eigenvalue weighted by molar-refractivity contribution is 0.0952. The van der Waals surface area contributed by atoms with Gasteiger partial charge >= 0.3 is 0 Å². The molecule has 2 N–H and O–H groups in total. The van der Waals surface area contributed by atoms with Gasteiger partial charge in [-0.2, -0.15) is 0 Å². The zero-order valence-electron chi connectivity index (χ0n) is 13.1. The van der Waals surface area contributed by atoms with E-state index in [1.807, 2.05) is 13.0 Å².